The Morgan fingerprint density at radius 2 is 1.89 bits per heavy atom. The second-order valence-corrected chi connectivity index (χ2v) is 4.93. The van der Waals surface area contributed by atoms with Gasteiger partial charge in [-0.1, -0.05) is 12.8 Å². The van der Waals surface area contributed by atoms with Crippen LogP contribution < -0.4 is 0 Å². The van der Waals surface area contributed by atoms with Gasteiger partial charge in [0.05, 0.1) is 11.8 Å². The number of hydrogen-bond donors (Lipinski definition) is 1. The van der Waals surface area contributed by atoms with Gasteiger partial charge >= 0.3 is 5.97 Å². The number of amides is 1. The highest BCUT2D eigenvalue weighted by atomic mass is 16.4. The first-order chi connectivity index (χ1) is 9.09. The molecule has 0 bridgehead atoms. The van der Waals surface area contributed by atoms with Crippen molar-refractivity contribution in [3.05, 3.63) is 18.0 Å². The molecule has 0 aromatic carbocycles. The molecule has 1 unspecified atom stereocenters. The van der Waals surface area contributed by atoms with Crippen molar-refractivity contribution >= 4 is 11.9 Å². The zero-order chi connectivity index (χ0) is 13.8. The van der Waals surface area contributed by atoms with Gasteiger partial charge in [0.15, 0.2) is 0 Å². The fourth-order valence-electron chi connectivity index (χ4n) is 2.23. The van der Waals surface area contributed by atoms with E-state index in [-0.39, 0.29) is 5.91 Å². The van der Waals surface area contributed by atoms with Gasteiger partial charge in [-0.2, -0.15) is 5.10 Å². The summed E-state index contributed by atoms with van der Waals surface area (Å²) in [7, 11) is 0. The number of rotatable bonds is 3. The molecule has 0 aliphatic carbocycles. The molecule has 6 heteroatoms. The second kappa shape index (κ2) is 5.86. The van der Waals surface area contributed by atoms with Crippen LogP contribution in [0.1, 0.15) is 49.0 Å². The average Bonchev–Trinajstić information content (AvgIpc) is 2.72. The first-order valence-electron chi connectivity index (χ1n) is 6.66. The molecule has 1 fully saturated rings. The van der Waals surface area contributed by atoms with Crippen molar-refractivity contribution in [3.8, 4) is 0 Å². The minimum absolute atomic E-state index is 0.0502. The maximum atomic E-state index is 12.3. The van der Waals surface area contributed by atoms with E-state index in [1.54, 1.807) is 0 Å². The van der Waals surface area contributed by atoms with E-state index in [0.717, 1.165) is 25.9 Å². The molecule has 1 atom stereocenters. The van der Waals surface area contributed by atoms with Crippen LogP contribution in [0, 0.1) is 0 Å². The number of likely N-dealkylation sites (tertiary alicyclic amines) is 1. The summed E-state index contributed by atoms with van der Waals surface area (Å²) in [5.41, 5.74) is 0.468. The molecule has 1 saturated heterocycles. The maximum Gasteiger partial charge on any atom is 0.328 e. The Bertz CT molecular complexity index is 461. The van der Waals surface area contributed by atoms with Gasteiger partial charge in [-0.05, 0) is 19.8 Å². The predicted molar refractivity (Wildman–Crippen MR) is 68.9 cm³/mol. The lowest BCUT2D eigenvalue weighted by molar-refractivity contribution is -0.140. The highest BCUT2D eigenvalue weighted by Crippen LogP contribution is 2.14. The zero-order valence-electron chi connectivity index (χ0n) is 11.1. The molecule has 0 saturated carbocycles. The van der Waals surface area contributed by atoms with E-state index in [1.165, 1.54) is 36.8 Å². The monoisotopic (exact) mass is 265 g/mol. The molecule has 6 nitrogen and oxygen atoms in total. The molecule has 19 heavy (non-hydrogen) atoms. The van der Waals surface area contributed by atoms with Crippen LogP contribution in [0.4, 0.5) is 0 Å². The number of aliphatic carboxylic acids is 1. The topological polar surface area (TPSA) is 75.4 Å². The minimum Gasteiger partial charge on any atom is -0.480 e. The first kappa shape index (κ1) is 13.6. The molecule has 2 rings (SSSR count). The standard InChI is InChI=1S/C13H19N3O3/c1-10(13(18)19)16-9-11(8-14-16)12(17)15-6-4-2-3-5-7-15/h8-10H,2-7H2,1H3,(H,18,19). The van der Waals surface area contributed by atoms with E-state index in [2.05, 4.69) is 5.10 Å². The lowest BCUT2D eigenvalue weighted by Gasteiger charge is -2.19. The number of nitrogens with zero attached hydrogens (tertiary/aromatic N) is 3. The average molecular weight is 265 g/mol. The molecule has 1 amide bonds. The lowest BCUT2D eigenvalue weighted by atomic mass is 10.2. The molecule has 0 spiro atoms. The molecule has 104 valence electrons. The number of carbonyl (C=O) groups is 2. The highest BCUT2D eigenvalue weighted by molar-refractivity contribution is 5.93. The van der Waals surface area contributed by atoms with Gasteiger partial charge in [-0.15, -0.1) is 0 Å². The van der Waals surface area contributed by atoms with Crippen LogP contribution in [0.2, 0.25) is 0 Å². The minimum atomic E-state index is -0.961. The van der Waals surface area contributed by atoms with Crippen LogP contribution in [-0.2, 0) is 4.79 Å². The largest absolute Gasteiger partial charge is 0.480 e. The molecule has 1 aliphatic heterocycles. The fraction of sp³-hybridized carbons (Fsp3) is 0.615. The van der Waals surface area contributed by atoms with Crippen LogP contribution in [0.25, 0.3) is 0 Å². The Hall–Kier alpha value is -1.85. The van der Waals surface area contributed by atoms with Gasteiger partial charge < -0.3 is 10.0 Å². The number of carboxylic acid groups (broad SMARTS) is 1. The Balaban J connectivity index is 2.08. The zero-order valence-corrected chi connectivity index (χ0v) is 11.1. The van der Waals surface area contributed by atoms with Gasteiger partial charge in [0.25, 0.3) is 5.91 Å². The molecule has 2 heterocycles. The van der Waals surface area contributed by atoms with Crippen LogP contribution >= 0.6 is 0 Å². The van der Waals surface area contributed by atoms with E-state index < -0.39 is 12.0 Å². The van der Waals surface area contributed by atoms with Crippen molar-refractivity contribution in [2.75, 3.05) is 13.1 Å². The van der Waals surface area contributed by atoms with E-state index >= 15 is 0 Å². The third-order valence-corrected chi connectivity index (χ3v) is 3.50. The Labute approximate surface area is 112 Å². The van der Waals surface area contributed by atoms with Gasteiger partial charge in [0.2, 0.25) is 0 Å². The van der Waals surface area contributed by atoms with Crippen molar-refractivity contribution in [2.24, 2.45) is 0 Å². The van der Waals surface area contributed by atoms with E-state index in [1.807, 2.05) is 4.90 Å². The fourth-order valence-corrected chi connectivity index (χ4v) is 2.23. The van der Waals surface area contributed by atoms with Gasteiger partial charge in [0.1, 0.15) is 6.04 Å². The van der Waals surface area contributed by atoms with Crippen molar-refractivity contribution in [3.63, 3.8) is 0 Å². The number of carboxylic acids is 1. The predicted octanol–water partition coefficient (Wildman–Crippen LogP) is 1.54. The molecule has 1 N–H and O–H groups in total. The summed E-state index contributed by atoms with van der Waals surface area (Å²) < 4.78 is 1.31. The summed E-state index contributed by atoms with van der Waals surface area (Å²) in [6.45, 7) is 3.09. The SMILES string of the molecule is CC(C(=O)O)n1cc(C(=O)N2CCCCCC2)cn1. The van der Waals surface area contributed by atoms with E-state index in [0.29, 0.717) is 5.56 Å². The van der Waals surface area contributed by atoms with Gasteiger partial charge in [0, 0.05) is 19.3 Å². The van der Waals surface area contributed by atoms with Crippen LogP contribution in [0.3, 0.4) is 0 Å². The maximum absolute atomic E-state index is 12.3. The molecule has 1 aliphatic rings. The summed E-state index contributed by atoms with van der Waals surface area (Å²) >= 11 is 0. The molecule has 1 aromatic heterocycles. The summed E-state index contributed by atoms with van der Waals surface area (Å²) in [4.78, 5) is 25.0. The van der Waals surface area contributed by atoms with Crippen molar-refractivity contribution in [2.45, 2.75) is 38.6 Å². The van der Waals surface area contributed by atoms with E-state index in [9.17, 15) is 9.59 Å². The van der Waals surface area contributed by atoms with Crippen molar-refractivity contribution in [1.82, 2.24) is 14.7 Å². The lowest BCUT2D eigenvalue weighted by Crippen LogP contribution is -2.31. The summed E-state index contributed by atoms with van der Waals surface area (Å²) in [5.74, 6) is -1.01. The quantitative estimate of drug-likeness (QED) is 0.899. The highest BCUT2D eigenvalue weighted by Gasteiger charge is 2.21. The van der Waals surface area contributed by atoms with Crippen molar-refractivity contribution in [1.29, 1.82) is 0 Å². The van der Waals surface area contributed by atoms with Gasteiger partial charge in [-0.25, -0.2) is 4.79 Å². The van der Waals surface area contributed by atoms with Crippen LogP contribution in [0.15, 0.2) is 12.4 Å². The Morgan fingerprint density at radius 1 is 1.26 bits per heavy atom. The third-order valence-electron chi connectivity index (χ3n) is 3.50. The number of hydrogen-bond acceptors (Lipinski definition) is 3. The molecular formula is C13H19N3O3. The van der Waals surface area contributed by atoms with E-state index in [4.69, 9.17) is 5.11 Å². The molecule has 0 radical (unpaired) electrons. The third kappa shape index (κ3) is 3.13. The van der Waals surface area contributed by atoms with Crippen LogP contribution in [0.5, 0.6) is 0 Å². The molecular weight excluding hydrogens is 246 g/mol. The molecule has 1 aromatic rings. The summed E-state index contributed by atoms with van der Waals surface area (Å²) in [5, 5.41) is 12.9. The smallest absolute Gasteiger partial charge is 0.328 e. The number of aromatic nitrogens is 2. The van der Waals surface area contributed by atoms with Gasteiger partial charge in [-0.3, -0.25) is 9.48 Å². The summed E-state index contributed by atoms with van der Waals surface area (Å²) in [6, 6.07) is -0.759. The normalized spacial score (nSPS) is 17.8. The second-order valence-electron chi connectivity index (χ2n) is 4.93. The van der Waals surface area contributed by atoms with Crippen molar-refractivity contribution < 1.29 is 14.7 Å². The Morgan fingerprint density at radius 3 is 2.47 bits per heavy atom. The Kier molecular flexibility index (Phi) is 4.19. The van der Waals surface area contributed by atoms with Crippen LogP contribution in [-0.4, -0.2) is 44.8 Å². The summed E-state index contributed by atoms with van der Waals surface area (Å²) in [6.07, 6.45) is 7.37. The number of carbonyl (C=O) groups excluding carboxylic acids is 1. The first-order valence-corrected chi connectivity index (χ1v) is 6.66.